The number of esters is 1. The van der Waals surface area contributed by atoms with E-state index < -0.39 is 5.97 Å². The maximum absolute atomic E-state index is 13.7. The van der Waals surface area contributed by atoms with Gasteiger partial charge in [0.1, 0.15) is 22.6 Å². The maximum Gasteiger partial charge on any atom is 0.374 e. The minimum Gasteiger partial charge on any atom is -0.496 e. The van der Waals surface area contributed by atoms with Crippen molar-refractivity contribution in [1.29, 1.82) is 0 Å². The lowest BCUT2D eigenvalue weighted by molar-refractivity contribution is 0.0491. The van der Waals surface area contributed by atoms with Crippen LogP contribution in [-0.4, -0.2) is 70.3 Å². The van der Waals surface area contributed by atoms with Gasteiger partial charge in [0.2, 0.25) is 5.76 Å². The number of hydrogen-bond donors (Lipinski definition) is 0. The molecule has 0 saturated carbocycles. The van der Waals surface area contributed by atoms with Crippen molar-refractivity contribution in [3.63, 3.8) is 0 Å². The zero-order chi connectivity index (χ0) is 34.3. The van der Waals surface area contributed by atoms with E-state index in [1.807, 2.05) is 36.1 Å². The smallest absolute Gasteiger partial charge is 0.374 e. The molecule has 9 nitrogen and oxygen atoms in total. The first kappa shape index (κ1) is 33.8. The largest absolute Gasteiger partial charge is 0.496 e. The fraction of sp³-hybridized carbons (Fsp3) is 0.282. The third-order valence-electron chi connectivity index (χ3n) is 8.73. The van der Waals surface area contributed by atoms with E-state index in [0.29, 0.717) is 48.8 Å². The zero-order valence-electron chi connectivity index (χ0n) is 28.3. The molecule has 49 heavy (non-hydrogen) atoms. The Balaban J connectivity index is 1.26. The summed E-state index contributed by atoms with van der Waals surface area (Å²) in [4.78, 5) is 31.4. The van der Waals surface area contributed by atoms with Crippen molar-refractivity contribution >= 4 is 46.2 Å². The molecule has 0 radical (unpaired) electrons. The number of carbonyl (C=O) groups is 2. The summed E-state index contributed by atoms with van der Waals surface area (Å²) < 4.78 is 24.5. The van der Waals surface area contributed by atoms with Gasteiger partial charge in [0.05, 0.1) is 32.2 Å². The number of piperazine rings is 1. The van der Waals surface area contributed by atoms with Crippen molar-refractivity contribution in [3.8, 4) is 11.5 Å². The zero-order valence-corrected chi connectivity index (χ0v) is 29.1. The Bertz CT molecular complexity index is 1900. The molecule has 0 aliphatic carbocycles. The fourth-order valence-electron chi connectivity index (χ4n) is 6.18. The van der Waals surface area contributed by atoms with Gasteiger partial charge in [-0.15, -0.1) is 0 Å². The lowest BCUT2D eigenvalue weighted by Gasteiger charge is -2.38. The Morgan fingerprint density at radius 1 is 0.857 bits per heavy atom. The van der Waals surface area contributed by atoms with E-state index in [-0.39, 0.29) is 18.3 Å². The number of aryl methyl sites for hydroxylation is 1. The monoisotopic (exact) mass is 679 g/mol. The lowest BCUT2D eigenvalue weighted by atomic mass is 10.1. The van der Waals surface area contributed by atoms with Crippen LogP contribution in [0, 0.1) is 6.92 Å². The van der Waals surface area contributed by atoms with E-state index in [4.69, 9.17) is 18.6 Å². The van der Waals surface area contributed by atoms with Crippen molar-refractivity contribution in [1.82, 2.24) is 4.90 Å². The van der Waals surface area contributed by atoms with E-state index >= 15 is 0 Å². The normalized spacial score (nSPS) is 13.0. The predicted molar refractivity (Wildman–Crippen MR) is 194 cm³/mol. The second-order valence-corrected chi connectivity index (χ2v) is 12.8. The summed E-state index contributed by atoms with van der Waals surface area (Å²) in [6.45, 7) is 7.19. The number of furan rings is 1. The Kier molecular flexibility index (Phi) is 10.6. The quantitative estimate of drug-likeness (QED) is 0.0975. The molecule has 4 aromatic carbocycles. The van der Waals surface area contributed by atoms with Crippen molar-refractivity contribution < 1.29 is 28.2 Å². The van der Waals surface area contributed by atoms with Gasteiger partial charge in [0.25, 0.3) is 5.91 Å². The van der Waals surface area contributed by atoms with Crippen LogP contribution in [0.4, 0.5) is 11.4 Å². The number of benzene rings is 4. The molecule has 2 heterocycles. The molecule has 0 bridgehead atoms. The maximum atomic E-state index is 13.7. The first-order valence-corrected chi connectivity index (χ1v) is 17.2. The third kappa shape index (κ3) is 7.34. The Morgan fingerprint density at radius 3 is 2.24 bits per heavy atom. The van der Waals surface area contributed by atoms with Crippen LogP contribution in [0.1, 0.15) is 39.0 Å². The first-order valence-electron chi connectivity index (χ1n) is 16.5. The summed E-state index contributed by atoms with van der Waals surface area (Å²) in [6, 6.07) is 30.3. The highest BCUT2D eigenvalue weighted by atomic mass is 32.2. The molecule has 10 heteroatoms. The molecule has 1 aromatic heterocycles. The highest BCUT2D eigenvalue weighted by molar-refractivity contribution is 8.00. The van der Waals surface area contributed by atoms with Gasteiger partial charge in [-0.3, -0.25) is 4.79 Å². The molecule has 1 aliphatic rings. The second-order valence-electron chi connectivity index (χ2n) is 11.7. The van der Waals surface area contributed by atoms with Gasteiger partial charge in [-0.2, -0.15) is 0 Å². The van der Waals surface area contributed by atoms with Crippen molar-refractivity contribution in [2.45, 2.75) is 25.2 Å². The van der Waals surface area contributed by atoms with Crippen molar-refractivity contribution in [2.24, 2.45) is 0 Å². The van der Waals surface area contributed by atoms with Crippen LogP contribution >= 0.6 is 11.9 Å². The highest BCUT2D eigenvalue weighted by Crippen LogP contribution is 2.39. The number of hydrogen-bond acceptors (Lipinski definition) is 9. The molecule has 0 N–H and O–H groups in total. The predicted octanol–water partition coefficient (Wildman–Crippen LogP) is 7.65. The van der Waals surface area contributed by atoms with Crippen molar-refractivity contribution in [3.05, 3.63) is 113 Å². The number of anilines is 2. The van der Waals surface area contributed by atoms with E-state index in [1.165, 1.54) is 5.56 Å². The highest BCUT2D eigenvalue weighted by Gasteiger charge is 2.29. The van der Waals surface area contributed by atoms with Gasteiger partial charge in [-0.25, -0.2) is 4.79 Å². The fourth-order valence-corrected chi connectivity index (χ4v) is 7.17. The number of ether oxygens (including phenoxy) is 3. The number of amides is 1. The molecule has 1 amide bonds. The molecular formula is C39H41N3O6S. The van der Waals surface area contributed by atoms with Crippen molar-refractivity contribution in [2.75, 3.05) is 62.8 Å². The van der Waals surface area contributed by atoms with Crippen LogP contribution in [0.2, 0.25) is 0 Å². The van der Waals surface area contributed by atoms with Gasteiger partial charge in [-0.05, 0) is 80.2 Å². The Labute approximate surface area is 291 Å². The standard InChI is InChI=1S/C39H41N3O6S/c1-5-47-39(44)37-27(2)30-26-29(18-19-33(30)48-37)49-42(21-20-28-12-7-6-8-13-28)32-15-10-9-14-31(32)40-22-24-41(25-23-40)38(43)36-34(45-3)16-11-17-35(36)46-4/h6-19,26H,5,20-25H2,1-4H3. The number of methoxy groups -OCH3 is 2. The SMILES string of the molecule is CCOC(=O)c1oc2ccc(SN(CCc3ccccc3)c3ccccc3N3CCN(C(=O)c4c(OC)cccc4OC)CC3)cc2c1C. The molecule has 6 rings (SSSR count). The molecule has 1 saturated heterocycles. The van der Waals surface area contributed by atoms with Gasteiger partial charge in [-0.1, -0.05) is 48.5 Å². The average Bonchev–Trinajstić information content (AvgIpc) is 3.48. The number of fused-ring (bicyclic) bond motifs is 1. The second kappa shape index (κ2) is 15.4. The average molecular weight is 680 g/mol. The van der Waals surface area contributed by atoms with Gasteiger partial charge >= 0.3 is 5.97 Å². The third-order valence-corrected chi connectivity index (χ3v) is 9.79. The van der Waals surface area contributed by atoms with E-state index in [2.05, 4.69) is 63.8 Å². The summed E-state index contributed by atoms with van der Waals surface area (Å²) in [5, 5.41) is 0.886. The molecular weight excluding hydrogens is 639 g/mol. The molecule has 254 valence electrons. The van der Waals surface area contributed by atoms with Crippen LogP contribution in [-0.2, 0) is 11.2 Å². The summed E-state index contributed by atoms with van der Waals surface area (Å²) >= 11 is 1.66. The van der Waals surface area contributed by atoms with Gasteiger partial charge < -0.3 is 32.7 Å². The summed E-state index contributed by atoms with van der Waals surface area (Å²) in [6.07, 6.45) is 0.852. The van der Waals surface area contributed by atoms with E-state index in [0.717, 1.165) is 40.2 Å². The van der Waals surface area contributed by atoms with Crippen LogP contribution < -0.4 is 18.7 Å². The number of nitrogens with zero attached hydrogens (tertiary/aromatic N) is 3. The molecule has 0 spiro atoms. The number of para-hydroxylation sites is 2. The topological polar surface area (TPSA) is 84.7 Å². The molecule has 0 unspecified atom stereocenters. The molecule has 0 atom stereocenters. The Hall–Kier alpha value is -5.09. The van der Waals surface area contributed by atoms with E-state index in [1.54, 1.807) is 45.2 Å². The Morgan fingerprint density at radius 2 is 1.55 bits per heavy atom. The lowest BCUT2D eigenvalue weighted by Crippen LogP contribution is -2.49. The van der Waals surface area contributed by atoms with E-state index in [9.17, 15) is 9.59 Å². The minimum absolute atomic E-state index is 0.0988. The molecule has 1 fully saturated rings. The van der Waals surface area contributed by atoms with Crippen LogP contribution in [0.25, 0.3) is 11.0 Å². The summed E-state index contributed by atoms with van der Waals surface area (Å²) in [5.74, 6) is 0.700. The summed E-state index contributed by atoms with van der Waals surface area (Å²) in [7, 11) is 3.13. The van der Waals surface area contributed by atoms with Gasteiger partial charge in [0.15, 0.2) is 0 Å². The molecule has 5 aromatic rings. The first-order chi connectivity index (χ1) is 23.9. The minimum atomic E-state index is -0.451. The number of carbonyl (C=O) groups excluding carboxylic acids is 2. The van der Waals surface area contributed by atoms with Gasteiger partial charge in [0, 0.05) is 48.6 Å². The van der Waals surface area contributed by atoms with Crippen LogP contribution in [0.5, 0.6) is 11.5 Å². The summed E-state index contributed by atoms with van der Waals surface area (Å²) in [5.41, 5.74) is 5.32. The number of rotatable bonds is 12. The van der Waals surface area contributed by atoms with Crippen LogP contribution in [0.15, 0.2) is 100 Å². The molecule has 1 aliphatic heterocycles. The van der Waals surface area contributed by atoms with Crippen LogP contribution in [0.3, 0.4) is 0 Å².